The molecule has 0 saturated heterocycles. The lowest BCUT2D eigenvalue weighted by Crippen LogP contribution is -2.71. The van der Waals surface area contributed by atoms with Crippen molar-refractivity contribution in [1.82, 2.24) is 10.6 Å². The van der Waals surface area contributed by atoms with Crippen molar-refractivity contribution >= 4 is 109 Å². The fourth-order valence-corrected chi connectivity index (χ4v) is 7.77. The molecule has 21 heteroatoms. The molecule has 4 aromatic carbocycles. The lowest BCUT2D eigenvalue weighted by molar-refractivity contribution is 0.0892. The number of nitrogens with zero attached hydrogens (tertiary/aromatic N) is 1. The average molecular weight is 776 g/mol. The summed E-state index contributed by atoms with van der Waals surface area (Å²) in [5, 5.41) is -2.66. The van der Waals surface area contributed by atoms with Crippen molar-refractivity contribution in [2.45, 2.75) is 27.8 Å². The molecule has 0 bridgehead atoms. The molecule has 0 aliphatic heterocycles. The summed E-state index contributed by atoms with van der Waals surface area (Å²) in [7, 11) is 52.9. The second kappa shape index (κ2) is 16.1. The van der Waals surface area contributed by atoms with Gasteiger partial charge in [0.15, 0.2) is 0 Å². The van der Waals surface area contributed by atoms with Crippen molar-refractivity contribution in [2.75, 3.05) is 31.3 Å². The molecule has 2 N–H and O–H groups in total. The molecule has 5 rings (SSSR count). The molecule has 0 spiro atoms. The van der Waals surface area contributed by atoms with Crippen molar-refractivity contribution in [3.05, 3.63) is 95.8 Å². The number of sulfonamides is 1. The smallest absolute Gasteiger partial charge is 0.255 e. The second-order valence-corrected chi connectivity index (χ2v) is 15.6. The van der Waals surface area contributed by atoms with Crippen LogP contribution in [0.5, 0.6) is 17.2 Å². The van der Waals surface area contributed by atoms with E-state index in [4.69, 9.17) is 84.5 Å². The van der Waals surface area contributed by atoms with Gasteiger partial charge in [-0.05, 0) is 72.6 Å². The highest BCUT2D eigenvalue weighted by molar-refractivity contribution is 7.92. The number of nitrogens with one attached hydrogen (secondary N) is 2. The van der Waals surface area contributed by atoms with E-state index in [1.165, 1.54) is 50.6 Å². The van der Waals surface area contributed by atoms with Gasteiger partial charge in [-0.2, -0.15) is 0 Å². The number of halogens is 1. The van der Waals surface area contributed by atoms with Gasteiger partial charge in [0.2, 0.25) is 10.0 Å². The van der Waals surface area contributed by atoms with E-state index >= 15 is 0 Å². The van der Waals surface area contributed by atoms with Crippen molar-refractivity contribution in [2.24, 2.45) is 0 Å². The fraction of sp³-hybridized carbons (Fsp3) is 0.243. The van der Waals surface area contributed by atoms with Crippen LogP contribution in [0, 0.1) is 5.82 Å². The second-order valence-electron chi connectivity index (χ2n) is 13.7. The van der Waals surface area contributed by atoms with Crippen LogP contribution in [-0.4, -0.2) is 123 Å². The normalized spacial score (nSPS) is 12.5. The first-order valence-electron chi connectivity index (χ1n) is 17.3. The Morgan fingerprint density at radius 1 is 0.810 bits per heavy atom. The fourth-order valence-electron chi connectivity index (χ4n) is 6.79. The van der Waals surface area contributed by atoms with Gasteiger partial charge in [-0.25, -0.2) is 12.8 Å². The maximum Gasteiger partial charge on any atom is 0.255 e. The van der Waals surface area contributed by atoms with Gasteiger partial charge in [-0.15, -0.1) is 15.3 Å². The van der Waals surface area contributed by atoms with E-state index in [1.54, 1.807) is 49.4 Å². The number of benzene rings is 4. The summed E-state index contributed by atoms with van der Waals surface area (Å²) >= 11 is 0. The Balaban J connectivity index is 1.74. The highest BCUT2D eigenvalue weighted by atomic mass is 32.2. The monoisotopic (exact) mass is 777 g/mol. The number of ether oxygens (including phenoxy) is 2. The third-order valence-electron chi connectivity index (χ3n) is 9.37. The molecule has 5 aromatic rings. The van der Waals surface area contributed by atoms with Gasteiger partial charge in [-0.3, -0.25) is 13.9 Å². The molecule has 2 amide bonds. The van der Waals surface area contributed by atoms with Crippen LogP contribution >= 0.6 is 0 Å². The zero-order valence-corrected chi connectivity index (χ0v) is 32.8. The Kier molecular flexibility index (Phi) is 12.3. The van der Waals surface area contributed by atoms with Gasteiger partial charge in [0, 0.05) is 42.2 Å². The van der Waals surface area contributed by atoms with E-state index in [9.17, 15) is 22.4 Å². The van der Waals surface area contributed by atoms with Crippen LogP contribution in [0.15, 0.2) is 83.3 Å². The Hall–Kier alpha value is -4.78. The van der Waals surface area contributed by atoms with Crippen molar-refractivity contribution in [3.63, 3.8) is 0 Å². The van der Waals surface area contributed by atoms with E-state index in [-0.39, 0.29) is 62.7 Å². The van der Waals surface area contributed by atoms with E-state index < -0.39 is 48.5 Å². The molecule has 18 radical (unpaired) electrons. The third kappa shape index (κ3) is 8.37. The van der Waals surface area contributed by atoms with Gasteiger partial charge < -0.3 is 24.5 Å². The molecule has 0 atom stereocenters. The van der Waals surface area contributed by atoms with Crippen LogP contribution in [0.2, 0.25) is 15.3 Å². The highest BCUT2D eigenvalue weighted by Crippen LogP contribution is 2.53. The first kappa shape index (κ1) is 44.3. The lowest BCUT2D eigenvalue weighted by atomic mass is 9.12. The first-order valence-corrected chi connectivity index (χ1v) is 19.2. The Morgan fingerprint density at radius 2 is 1.41 bits per heavy atom. The molecule has 0 fully saturated rings. The Labute approximate surface area is 349 Å². The predicted octanol–water partition coefficient (Wildman–Crippen LogP) is 3.06. The zero-order valence-electron chi connectivity index (χ0n) is 32.0. The number of furan rings is 1. The van der Waals surface area contributed by atoms with Crippen LogP contribution in [0.4, 0.5) is 10.1 Å². The molecular formula is C37H29B9FN3O7S. The van der Waals surface area contributed by atoms with Gasteiger partial charge in [0.1, 0.15) is 34.4 Å². The van der Waals surface area contributed by atoms with Crippen molar-refractivity contribution in [1.29, 1.82) is 0 Å². The average Bonchev–Trinajstić information content (AvgIpc) is 3.49. The molecule has 274 valence electrons. The molecular weight excluding hydrogens is 747 g/mol. The van der Waals surface area contributed by atoms with Gasteiger partial charge in [-0.1, -0.05) is 12.1 Å². The number of hydrogen-bond donors (Lipinski definition) is 2. The summed E-state index contributed by atoms with van der Waals surface area (Å²) in [6.07, 6.45) is 1.02. The summed E-state index contributed by atoms with van der Waals surface area (Å²) in [5.41, 5.74) is -1.69. The maximum absolute atomic E-state index is 14.2. The molecule has 1 aromatic heterocycles. The zero-order chi connectivity index (χ0) is 43.2. The molecule has 0 unspecified atom stereocenters. The number of rotatable bonds is 14. The number of amides is 2. The highest BCUT2D eigenvalue weighted by Gasteiger charge is 2.54. The molecule has 1 heterocycles. The summed E-state index contributed by atoms with van der Waals surface area (Å²) in [6, 6.07) is 19.4. The van der Waals surface area contributed by atoms with Crippen LogP contribution in [0.25, 0.3) is 33.4 Å². The van der Waals surface area contributed by atoms with Crippen LogP contribution < -0.4 is 24.4 Å². The molecule has 10 nitrogen and oxygen atoms in total. The van der Waals surface area contributed by atoms with E-state index in [1.807, 2.05) is 0 Å². The number of methoxy groups -OCH3 is 1. The summed E-state index contributed by atoms with van der Waals surface area (Å²) < 4.78 is 58.9. The van der Waals surface area contributed by atoms with E-state index in [0.717, 1.165) is 10.6 Å². The van der Waals surface area contributed by atoms with E-state index in [0.29, 0.717) is 11.3 Å². The van der Waals surface area contributed by atoms with Crippen molar-refractivity contribution in [3.8, 4) is 39.7 Å². The maximum atomic E-state index is 14.2. The van der Waals surface area contributed by atoms with Gasteiger partial charge in [0.05, 0.1) is 101 Å². The van der Waals surface area contributed by atoms with Crippen LogP contribution in [-0.2, 0) is 10.0 Å². The number of fused-ring (bicyclic) bond motifs is 1. The largest absolute Gasteiger partial charge is 0.496 e. The summed E-state index contributed by atoms with van der Waals surface area (Å²) in [6.45, 7) is 1.59. The van der Waals surface area contributed by atoms with Gasteiger partial charge >= 0.3 is 0 Å². The topological polar surface area (TPSA) is 127 Å². The molecule has 0 aliphatic carbocycles. The molecule has 0 aliphatic rings. The number of anilines is 1. The Morgan fingerprint density at radius 3 is 1.93 bits per heavy atom. The number of carbonyl (C=O) groups is 2. The van der Waals surface area contributed by atoms with Crippen LogP contribution in [0.3, 0.4) is 0 Å². The minimum atomic E-state index is -3.94. The number of carbonyl (C=O) groups excluding carboxylic acids is 2. The number of hydrogen-bond acceptors (Lipinski definition) is 7. The Bertz CT molecular complexity index is 2450. The quantitative estimate of drug-likeness (QED) is 0.166. The summed E-state index contributed by atoms with van der Waals surface area (Å²) in [5.74, 6) is -1.32. The minimum Gasteiger partial charge on any atom is -0.496 e. The third-order valence-corrected chi connectivity index (χ3v) is 10.6. The lowest BCUT2D eigenvalue weighted by Gasteiger charge is -2.65. The van der Waals surface area contributed by atoms with Crippen molar-refractivity contribution < 1.29 is 36.3 Å². The SMILES string of the molecule is [B]C([B])([B])C(NC(=O)c1cc(-c2cc3c(C(=O)NC)c(-c4ccc(Oc5cccc(F)c5)cc4)oc3cc2N(CC)S(C)(=O)=O)ccc1OC)(C([B])([B])[B])C([B])([B])[B]. The molecule has 0 saturated carbocycles. The molecule has 58 heavy (non-hydrogen) atoms. The summed E-state index contributed by atoms with van der Waals surface area (Å²) in [4.78, 5) is 27.8. The van der Waals surface area contributed by atoms with Gasteiger partial charge in [0.25, 0.3) is 11.8 Å². The van der Waals surface area contributed by atoms with Crippen LogP contribution in [0.1, 0.15) is 27.6 Å². The standard InChI is InChI=1S/C37H29B9FN3O7S/c1-5-50(58(4,53)54)27-18-29-25(30(33(52)48-2)31(57-29)19-9-12-22(13-10-19)56-23-8-6-7-21(47)16-23)17-24(27)20-11-14-28(55-3)26(15-20)32(51)49-34(35(38,39)40,36(41,42)43)37(44,45)46/h6-18H,5H2,1-4H3,(H,48,52)(H,49,51). The van der Waals surface area contributed by atoms with E-state index in [2.05, 4.69) is 10.6 Å². The predicted molar refractivity (Wildman–Crippen MR) is 231 cm³/mol. The minimum absolute atomic E-state index is 0.0281. The first-order chi connectivity index (χ1) is 26.9.